The van der Waals surface area contributed by atoms with Crippen LogP contribution in [-0.2, 0) is 9.47 Å². The van der Waals surface area contributed by atoms with E-state index in [0.29, 0.717) is 11.8 Å². The van der Waals surface area contributed by atoms with Gasteiger partial charge in [0.25, 0.3) is 0 Å². The molecule has 0 amide bonds. The Hall–Kier alpha value is -5.48. The minimum Gasteiger partial charge on any atom is -0.438 e. The van der Waals surface area contributed by atoms with Gasteiger partial charge < -0.3 is 9.47 Å². The molecule has 0 radical (unpaired) electrons. The predicted molar refractivity (Wildman–Crippen MR) is 169 cm³/mol. The monoisotopic (exact) mass is 544 g/mol. The van der Waals surface area contributed by atoms with Crippen LogP contribution in [0, 0.1) is 0 Å². The second-order valence-corrected chi connectivity index (χ2v) is 10.2. The average Bonchev–Trinajstić information content (AvgIpc) is 3.09. The summed E-state index contributed by atoms with van der Waals surface area (Å²) in [6, 6.07) is 48.7. The number of aliphatic imine (C=N–C) groups is 2. The van der Waals surface area contributed by atoms with E-state index in [1.807, 2.05) is 97.1 Å². The highest BCUT2D eigenvalue weighted by Crippen LogP contribution is 2.33. The topological polar surface area (TPSA) is 43.2 Å². The first kappa shape index (κ1) is 25.5. The van der Waals surface area contributed by atoms with Crippen LogP contribution in [0.3, 0.4) is 0 Å². The molecule has 0 spiro atoms. The SMILES string of the molecule is C1=C(c2ccccc2)OC(c2ccc(C3=NC(c4ccccc4)C=C(c4ccccc4)O3)cc2)=NC1c1ccccc1. The zero-order chi connectivity index (χ0) is 28.1. The highest BCUT2D eigenvalue weighted by molar-refractivity contribution is 6.02. The van der Waals surface area contributed by atoms with Crippen LogP contribution in [0.5, 0.6) is 0 Å². The third kappa shape index (κ3) is 5.43. The van der Waals surface area contributed by atoms with Crippen molar-refractivity contribution in [3.05, 3.63) is 191 Å². The van der Waals surface area contributed by atoms with Crippen molar-refractivity contribution in [3.63, 3.8) is 0 Å². The molecule has 2 atom stereocenters. The van der Waals surface area contributed by atoms with Gasteiger partial charge in [-0.05, 0) is 47.5 Å². The van der Waals surface area contributed by atoms with Crippen molar-refractivity contribution in [1.82, 2.24) is 0 Å². The molecule has 0 N–H and O–H groups in total. The number of ether oxygens (including phenoxy) is 2. The van der Waals surface area contributed by atoms with E-state index in [0.717, 1.165) is 44.9 Å². The van der Waals surface area contributed by atoms with Crippen LogP contribution in [0.15, 0.2) is 168 Å². The van der Waals surface area contributed by atoms with Gasteiger partial charge in [-0.1, -0.05) is 121 Å². The van der Waals surface area contributed by atoms with Crippen LogP contribution in [0.2, 0.25) is 0 Å². The lowest BCUT2D eigenvalue weighted by atomic mass is 10.0. The minimum absolute atomic E-state index is 0.152. The molecule has 4 nitrogen and oxygen atoms in total. The summed E-state index contributed by atoms with van der Waals surface area (Å²) >= 11 is 0. The molecule has 2 aliphatic rings. The molecule has 4 heteroatoms. The Morgan fingerprint density at radius 2 is 0.690 bits per heavy atom. The molecule has 2 unspecified atom stereocenters. The Kier molecular flexibility index (Phi) is 7.01. The fraction of sp³-hybridized carbons (Fsp3) is 0.0526. The van der Waals surface area contributed by atoms with Crippen molar-refractivity contribution in [2.24, 2.45) is 9.98 Å². The van der Waals surface area contributed by atoms with Gasteiger partial charge in [-0.25, -0.2) is 9.98 Å². The largest absolute Gasteiger partial charge is 0.438 e. The van der Waals surface area contributed by atoms with E-state index in [1.165, 1.54) is 0 Å². The minimum atomic E-state index is -0.152. The summed E-state index contributed by atoms with van der Waals surface area (Å²) in [4.78, 5) is 9.98. The van der Waals surface area contributed by atoms with Crippen molar-refractivity contribution in [3.8, 4) is 0 Å². The van der Waals surface area contributed by atoms with E-state index in [2.05, 4.69) is 60.7 Å². The quantitative estimate of drug-likeness (QED) is 0.214. The third-order valence-corrected chi connectivity index (χ3v) is 7.32. The van der Waals surface area contributed by atoms with E-state index in [9.17, 15) is 0 Å². The lowest BCUT2D eigenvalue weighted by Crippen LogP contribution is -2.16. The molecular formula is C38H28N2O2. The maximum Gasteiger partial charge on any atom is 0.222 e. The van der Waals surface area contributed by atoms with Crippen molar-refractivity contribution >= 4 is 23.3 Å². The maximum atomic E-state index is 6.39. The summed E-state index contributed by atoms with van der Waals surface area (Å²) in [7, 11) is 0. The zero-order valence-electron chi connectivity index (χ0n) is 22.9. The standard InChI is InChI=1S/C38H28N2O2/c1-5-13-27(14-6-1)33-25-35(29-17-9-3-10-18-29)41-37(39-33)31-21-23-32(24-22-31)38-40-34(28-15-7-2-8-16-28)26-36(42-38)30-19-11-4-12-20-30/h1-26,33-34H. The molecule has 2 aliphatic heterocycles. The van der Waals surface area contributed by atoms with Crippen LogP contribution in [-0.4, -0.2) is 11.8 Å². The summed E-state index contributed by atoms with van der Waals surface area (Å²) < 4.78 is 12.8. The Morgan fingerprint density at radius 3 is 1.05 bits per heavy atom. The Morgan fingerprint density at radius 1 is 0.357 bits per heavy atom. The molecule has 5 aromatic rings. The molecule has 7 rings (SSSR count). The van der Waals surface area contributed by atoms with Crippen LogP contribution >= 0.6 is 0 Å². The van der Waals surface area contributed by atoms with E-state index >= 15 is 0 Å². The molecule has 0 bridgehead atoms. The normalized spacial score (nSPS) is 18.0. The third-order valence-electron chi connectivity index (χ3n) is 7.32. The van der Waals surface area contributed by atoms with E-state index < -0.39 is 0 Å². The molecule has 42 heavy (non-hydrogen) atoms. The van der Waals surface area contributed by atoms with Gasteiger partial charge >= 0.3 is 0 Å². The fourth-order valence-corrected chi connectivity index (χ4v) is 5.12. The van der Waals surface area contributed by atoms with Crippen molar-refractivity contribution in [2.75, 3.05) is 0 Å². The van der Waals surface area contributed by atoms with E-state index in [-0.39, 0.29) is 12.1 Å². The highest BCUT2D eigenvalue weighted by Gasteiger charge is 2.23. The molecule has 0 saturated heterocycles. The van der Waals surface area contributed by atoms with Gasteiger partial charge in [-0.3, -0.25) is 0 Å². The smallest absolute Gasteiger partial charge is 0.222 e. The first-order valence-electron chi connectivity index (χ1n) is 14.1. The first-order valence-corrected chi connectivity index (χ1v) is 14.1. The summed E-state index contributed by atoms with van der Waals surface area (Å²) in [6.07, 6.45) is 4.16. The molecule has 5 aromatic carbocycles. The van der Waals surface area contributed by atoms with Crippen LogP contribution in [0.25, 0.3) is 11.5 Å². The Labute approximate surface area is 245 Å². The second-order valence-electron chi connectivity index (χ2n) is 10.2. The highest BCUT2D eigenvalue weighted by atomic mass is 16.5. The van der Waals surface area contributed by atoms with Crippen LogP contribution < -0.4 is 0 Å². The maximum absolute atomic E-state index is 6.39. The molecule has 0 aromatic heterocycles. The summed E-state index contributed by atoms with van der Waals surface area (Å²) in [5.74, 6) is 2.74. The second kappa shape index (κ2) is 11.6. The van der Waals surface area contributed by atoms with Crippen LogP contribution in [0.4, 0.5) is 0 Å². The predicted octanol–water partition coefficient (Wildman–Crippen LogP) is 8.81. The van der Waals surface area contributed by atoms with Gasteiger partial charge in [0.05, 0.1) is 0 Å². The van der Waals surface area contributed by atoms with Crippen molar-refractivity contribution < 1.29 is 9.47 Å². The summed E-state index contributed by atoms with van der Waals surface area (Å²) in [5, 5.41) is 0. The molecule has 202 valence electrons. The van der Waals surface area contributed by atoms with Gasteiger partial charge in [0.2, 0.25) is 11.8 Å². The van der Waals surface area contributed by atoms with Gasteiger partial charge in [-0.2, -0.15) is 0 Å². The van der Waals surface area contributed by atoms with E-state index in [4.69, 9.17) is 19.5 Å². The lowest BCUT2D eigenvalue weighted by Gasteiger charge is -2.23. The Balaban J connectivity index is 1.21. The molecule has 0 aliphatic carbocycles. The summed E-state index contributed by atoms with van der Waals surface area (Å²) in [5.41, 5.74) is 6.02. The van der Waals surface area contributed by atoms with Crippen molar-refractivity contribution in [1.29, 1.82) is 0 Å². The van der Waals surface area contributed by atoms with Gasteiger partial charge in [0.15, 0.2) is 0 Å². The molecule has 0 saturated carbocycles. The number of benzene rings is 5. The van der Waals surface area contributed by atoms with Crippen LogP contribution in [0.1, 0.15) is 45.5 Å². The number of rotatable bonds is 6. The fourth-order valence-electron chi connectivity index (χ4n) is 5.12. The Bertz CT molecular complexity index is 1660. The van der Waals surface area contributed by atoms with Gasteiger partial charge in [0.1, 0.15) is 23.6 Å². The van der Waals surface area contributed by atoms with E-state index in [1.54, 1.807) is 0 Å². The van der Waals surface area contributed by atoms with Gasteiger partial charge in [0, 0.05) is 22.3 Å². The number of nitrogens with zero attached hydrogens (tertiary/aromatic N) is 2. The number of hydrogen-bond donors (Lipinski definition) is 0. The van der Waals surface area contributed by atoms with Crippen molar-refractivity contribution in [2.45, 2.75) is 12.1 Å². The molecule has 2 heterocycles. The van der Waals surface area contributed by atoms with Gasteiger partial charge in [-0.15, -0.1) is 0 Å². The summed E-state index contributed by atoms with van der Waals surface area (Å²) in [6.45, 7) is 0. The first-order chi connectivity index (χ1) is 20.8. The molecular weight excluding hydrogens is 516 g/mol. The zero-order valence-corrected chi connectivity index (χ0v) is 22.9. The average molecular weight is 545 g/mol. The number of hydrogen-bond acceptors (Lipinski definition) is 4. The lowest BCUT2D eigenvalue weighted by molar-refractivity contribution is 0.484. The molecule has 0 fully saturated rings.